The Morgan fingerprint density at radius 3 is 2.88 bits per heavy atom. The molecule has 1 fully saturated rings. The zero-order valence-corrected chi connectivity index (χ0v) is 10.7. The smallest absolute Gasteiger partial charge is 0.162 e. The van der Waals surface area contributed by atoms with E-state index in [1.54, 1.807) is 6.07 Å². The van der Waals surface area contributed by atoms with E-state index in [0.717, 1.165) is 25.2 Å². The molecule has 5 heteroatoms. The molecule has 0 saturated carbocycles. The molecule has 96 valence electrons. The van der Waals surface area contributed by atoms with Crippen LogP contribution in [-0.2, 0) is 0 Å². The molecule has 0 spiro atoms. The topological polar surface area (TPSA) is 53.5 Å². The number of rotatable bonds is 3. The van der Waals surface area contributed by atoms with Crippen LogP contribution in [-0.4, -0.2) is 31.3 Å². The molecule has 1 aliphatic rings. The normalized spacial score (nSPS) is 19.5. The molecule has 0 radical (unpaired) electrons. The summed E-state index contributed by atoms with van der Waals surface area (Å²) in [7, 11) is 0. The van der Waals surface area contributed by atoms with Crippen molar-refractivity contribution in [1.29, 1.82) is 0 Å². The van der Waals surface area contributed by atoms with Gasteiger partial charge in [-0.05, 0) is 13.0 Å². The van der Waals surface area contributed by atoms with Crippen molar-refractivity contribution >= 4 is 12.4 Å². The molecule has 1 aliphatic heterocycles. The van der Waals surface area contributed by atoms with Gasteiger partial charge in [0.25, 0.3) is 0 Å². The molecular weight excluding hydrogens is 240 g/mol. The minimum absolute atomic E-state index is 0. The minimum atomic E-state index is 0. The number of benzene rings is 1. The van der Waals surface area contributed by atoms with Crippen LogP contribution in [0.4, 0.5) is 0 Å². The lowest BCUT2D eigenvalue weighted by molar-refractivity contribution is 0.313. The van der Waals surface area contributed by atoms with E-state index in [-0.39, 0.29) is 24.2 Å². The van der Waals surface area contributed by atoms with Gasteiger partial charge in [0, 0.05) is 31.2 Å². The lowest BCUT2D eigenvalue weighted by atomic mass is 10.0. The summed E-state index contributed by atoms with van der Waals surface area (Å²) in [4.78, 5) is 0. The summed E-state index contributed by atoms with van der Waals surface area (Å²) in [6.45, 7) is 5.20. The van der Waals surface area contributed by atoms with Crippen molar-refractivity contribution in [2.75, 3.05) is 26.2 Å². The highest BCUT2D eigenvalue weighted by Gasteiger charge is 2.19. The van der Waals surface area contributed by atoms with E-state index in [1.165, 1.54) is 0 Å². The van der Waals surface area contributed by atoms with Crippen LogP contribution in [0.1, 0.15) is 18.5 Å². The third-order valence-electron chi connectivity index (χ3n) is 2.75. The summed E-state index contributed by atoms with van der Waals surface area (Å²) in [5, 5.41) is 16.7. The average molecular weight is 259 g/mol. The highest BCUT2D eigenvalue weighted by atomic mass is 35.5. The Balaban J connectivity index is 0.00000144. The Kier molecular flexibility index (Phi) is 5.55. The van der Waals surface area contributed by atoms with Crippen LogP contribution < -0.4 is 15.4 Å². The Bertz CT molecular complexity index is 354. The predicted octanol–water partition coefficient (Wildman–Crippen LogP) is 1.45. The first-order valence-electron chi connectivity index (χ1n) is 5.71. The lowest BCUT2D eigenvalue weighted by Crippen LogP contribution is -2.42. The van der Waals surface area contributed by atoms with Crippen molar-refractivity contribution in [2.45, 2.75) is 13.0 Å². The quantitative estimate of drug-likeness (QED) is 0.768. The molecule has 0 aromatic heterocycles. The number of hydrogen-bond donors (Lipinski definition) is 3. The molecular formula is C12H19ClN2O2. The van der Waals surface area contributed by atoms with E-state index in [0.29, 0.717) is 12.4 Å². The van der Waals surface area contributed by atoms with Gasteiger partial charge in [-0.15, -0.1) is 12.4 Å². The number of phenolic OH excluding ortho intramolecular Hbond substituents is 1. The molecule has 1 aromatic carbocycles. The molecule has 2 rings (SSSR count). The maximum Gasteiger partial charge on any atom is 0.162 e. The van der Waals surface area contributed by atoms with Gasteiger partial charge in [0.2, 0.25) is 0 Å². The van der Waals surface area contributed by atoms with E-state index >= 15 is 0 Å². The fraction of sp³-hybridized carbons (Fsp3) is 0.500. The van der Waals surface area contributed by atoms with Gasteiger partial charge in [-0.1, -0.05) is 12.1 Å². The minimum Gasteiger partial charge on any atom is -0.504 e. The molecule has 1 heterocycles. The van der Waals surface area contributed by atoms with Crippen molar-refractivity contribution in [3.63, 3.8) is 0 Å². The van der Waals surface area contributed by atoms with Crippen LogP contribution in [0.3, 0.4) is 0 Å². The number of piperazine rings is 1. The first-order chi connectivity index (χ1) is 7.83. The molecule has 3 N–H and O–H groups in total. The number of para-hydroxylation sites is 1. The number of ether oxygens (including phenoxy) is 1. The van der Waals surface area contributed by atoms with E-state index < -0.39 is 0 Å². The first-order valence-corrected chi connectivity index (χ1v) is 5.71. The maximum absolute atomic E-state index is 10.1. The summed E-state index contributed by atoms with van der Waals surface area (Å²) in [6.07, 6.45) is 0. The Hall–Kier alpha value is -0.970. The Morgan fingerprint density at radius 2 is 2.24 bits per heavy atom. The molecule has 1 aromatic rings. The van der Waals surface area contributed by atoms with Crippen molar-refractivity contribution in [2.24, 2.45) is 0 Å². The standard InChI is InChI=1S/C12H18N2O2.ClH/c1-2-16-11-5-3-4-9(12(11)15)10-8-13-6-7-14-10;/h3-5,10,13-15H,2,6-8H2,1H3;1H/t10-;/m1./s1. The zero-order chi connectivity index (χ0) is 11.4. The molecule has 17 heavy (non-hydrogen) atoms. The lowest BCUT2D eigenvalue weighted by Gasteiger charge is -2.25. The molecule has 4 nitrogen and oxygen atoms in total. The fourth-order valence-corrected chi connectivity index (χ4v) is 1.97. The second-order valence-electron chi connectivity index (χ2n) is 3.84. The SMILES string of the molecule is CCOc1cccc([C@H]2CNCCN2)c1O.Cl. The Morgan fingerprint density at radius 1 is 1.41 bits per heavy atom. The largest absolute Gasteiger partial charge is 0.504 e. The van der Waals surface area contributed by atoms with Gasteiger partial charge >= 0.3 is 0 Å². The predicted molar refractivity (Wildman–Crippen MR) is 70.1 cm³/mol. The summed E-state index contributed by atoms with van der Waals surface area (Å²) >= 11 is 0. The number of halogens is 1. The van der Waals surface area contributed by atoms with Crippen LogP contribution >= 0.6 is 12.4 Å². The maximum atomic E-state index is 10.1. The Labute approximate surface area is 108 Å². The van der Waals surface area contributed by atoms with Crippen LogP contribution in [0, 0.1) is 0 Å². The zero-order valence-electron chi connectivity index (χ0n) is 9.90. The monoisotopic (exact) mass is 258 g/mol. The van der Waals surface area contributed by atoms with Crippen LogP contribution in [0.15, 0.2) is 18.2 Å². The van der Waals surface area contributed by atoms with Gasteiger partial charge < -0.3 is 20.5 Å². The van der Waals surface area contributed by atoms with Crippen LogP contribution in [0.2, 0.25) is 0 Å². The van der Waals surface area contributed by atoms with E-state index in [1.807, 2.05) is 19.1 Å². The third-order valence-corrected chi connectivity index (χ3v) is 2.75. The molecule has 1 atom stereocenters. The van der Waals surface area contributed by atoms with Gasteiger partial charge in [-0.3, -0.25) is 0 Å². The van der Waals surface area contributed by atoms with E-state index in [2.05, 4.69) is 10.6 Å². The molecule has 0 unspecified atom stereocenters. The molecule has 0 amide bonds. The van der Waals surface area contributed by atoms with Crippen molar-refractivity contribution in [1.82, 2.24) is 10.6 Å². The third kappa shape index (κ3) is 3.25. The van der Waals surface area contributed by atoms with Gasteiger partial charge in [0.05, 0.1) is 6.61 Å². The molecule has 0 aliphatic carbocycles. The van der Waals surface area contributed by atoms with Crippen molar-refractivity contribution in [3.8, 4) is 11.5 Å². The average Bonchev–Trinajstić information content (AvgIpc) is 2.33. The highest BCUT2D eigenvalue weighted by Crippen LogP contribution is 2.33. The number of aromatic hydroxyl groups is 1. The van der Waals surface area contributed by atoms with Crippen LogP contribution in [0.5, 0.6) is 11.5 Å². The fourth-order valence-electron chi connectivity index (χ4n) is 1.97. The highest BCUT2D eigenvalue weighted by molar-refractivity contribution is 5.85. The van der Waals surface area contributed by atoms with E-state index in [9.17, 15) is 5.11 Å². The first kappa shape index (κ1) is 14.1. The van der Waals surface area contributed by atoms with Gasteiger partial charge in [-0.2, -0.15) is 0 Å². The number of hydrogen-bond acceptors (Lipinski definition) is 4. The van der Waals surface area contributed by atoms with Gasteiger partial charge in [0.15, 0.2) is 11.5 Å². The summed E-state index contributed by atoms with van der Waals surface area (Å²) < 4.78 is 5.37. The second kappa shape index (κ2) is 6.69. The van der Waals surface area contributed by atoms with Gasteiger partial charge in [-0.25, -0.2) is 0 Å². The van der Waals surface area contributed by atoms with Crippen LogP contribution in [0.25, 0.3) is 0 Å². The second-order valence-corrected chi connectivity index (χ2v) is 3.84. The number of phenols is 1. The van der Waals surface area contributed by atoms with Crippen molar-refractivity contribution in [3.05, 3.63) is 23.8 Å². The number of nitrogens with one attached hydrogen (secondary N) is 2. The van der Waals surface area contributed by atoms with Crippen molar-refractivity contribution < 1.29 is 9.84 Å². The summed E-state index contributed by atoms with van der Waals surface area (Å²) in [6, 6.07) is 5.80. The van der Waals surface area contributed by atoms with Gasteiger partial charge in [0.1, 0.15) is 0 Å². The summed E-state index contributed by atoms with van der Waals surface area (Å²) in [5.41, 5.74) is 0.901. The van der Waals surface area contributed by atoms with E-state index in [4.69, 9.17) is 4.74 Å². The molecule has 0 bridgehead atoms. The molecule has 1 saturated heterocycles. The summed E-state index contributed by atoms with van der Waals surface area (Å²) in [5.74, 6) is 0.818.